The minimum Gasteiger partial charge on any atom is -0.396 e. The van der Waals surface area contributed by atoms with Crippen LogP contribution in [0.5, 0.6) is 0 Å². The molecule has 2 fully saturated rings. The summed E-state index contributed by atoms with van der Waals surface area (Å²) in [5.41, 5.74) is 0. The Hall–Kier alpha value is -1.22. The molecule has 26 heavy (non-hydrogen) atoms. The molecular weight excluding hydrogens is 388 g/mol. The predicted molar refractivity (Wildman–Crippen MR) is 110 cm³/mol. The van der Waals surface area contributed by atoms with Gasteiger partial charge in [-0.3, -0.25) is 14.5 Å². The quantitative estimate of drug-likeness (QED) is 0.577. The van der Waals surface area contributed by atoms with Gasteiger partial charge in [0, 0.05) is 37.0 Å². The van der Waals surface area contributed by atoms with Crippen molar-refractivity contribution in [2.75, 3.05) is 19.7 Å². The van der Waals surface area contributed by atoms with Crippen LogP contribution in [0.4, 0.5) is 0 Å². The lowest BCUT2D eigenvalue weighted by Gasteiger charge is -2.36. The molecule has 0 aromatic carbocycles. The summed E-state index contributed by atoms with van der Waals surface area (Å²) in [7, 11) is 0. The van der Waals surface area contributed by atoms with E-state index in [4.69, 9.17) is 12.2 Å². The standard InChI is InChI=1S/C18H22N2O3S3/c21-10-7-13-4-1-2-8-19(13)16(22)6-9-20-17(23)15(26-18(20)24)12-14-5-3-11-25-14/h3,5,11-13,21H,1-2,4,6-10H2. The van der Waals surface area contributed by atoms with Crippen LogP contribution in [0.15, 0.2) is 22.4 Å². The average molecular weight is 411 g/mol. The number of piperidine rings is 1. The molecule has 3 rings (SSSR count). The smallest absolute Gasteiger partial charge is 0.266 e. The number of likely N-dealkylation sites (tertiary alicyclic amines) is 1. The van der Waals surface area contributed by atoms with Gasteiger partial charge in [-0.25, -0.2) is 0 Å². The Morgan fingerprint density at radius 2 is 2.27 bits per heavy atom. The van der Waals surface area contributed by atoms with Gasteiger partial charge in [0.1, 0.15) is 4.32 Å². The molecule has 2 saturated heterocycles. The van der Waals surface area contributed by atoms with Gasteiger partial charge in [0.25, 0.3) is 5.91 Å². The summed E-state index contributed by atoms with van der Waals surface area (Å²) < 4.78 is 0.510. The van der Waals surface area contributed by atoms with Gasteiger partial charge < -0.3 is 10.0 Å². The topological polar surface area (TPSA) is 60.9 Å². The molecule has 2 amide bonds. The monoisotopic (exact) mass is 410 g/mol. The van der Waals surface area contributed by atoms with E-state index in [-0.39, 0.29) is 30.9 Å². The van der Waals surface area contributed by atoms with Gasteiger partial charge in [0.2, 0.25) is 5.91 Å². The zero-order valence-corrected chi connectivity index (χ0v) is 16.9. The first kappa shape index (κ1) is 19.5. The molecule has 2 aliphatic heterocycles. The van der Waals surface area contributed by atoms with Gasteiger partial charge in [-0.15, -0.1) is 11.3 Å². The number of thiocarbonyl (C=S) groups is 1. The van der Waals surface area contributed by atoms with Gasteiger partial charge in [0.05, 0.1) is 4.91 Å². The maximum Gasteiger partial charge on any atom is 0.266 e. The number of thiophene rings is 1. The Labute approximate surface area is 167 Å². The number of aliphatic hydroxyl groups is 1. The van der Waals surface area contributed by atoms with E-state index in [0.29, 0.717) is 22.2 Å². The largest absolute Gasteiger partial charge is 0.396 e. The Kier molecular flexibility index (Phi) is 6.86. The van der Waals surface area contributed by atoms with Crippen LogP contribution in [0.1, 0.15) is 37.0 Å². The summed E-state index contributed by atoms with van der Waals surface area (Å²) in [5.74, 6) is -0.0776. The van der Waals surface area contributed by atoms with Crippen molar-refractivity contribution in [3.63, 3.8) is 0 Å². The number of rotatable bonds is 6. The van der Waals surface area contributed by atoms with E-state index in [2.05, 4.69) is 0 Å². The first-order chi connectivity index (χ1) is 12.6. The Balaban J connectivity index is 1.59. The Morgan fingerprint density at radius 3 is 3.00 bits per heavy atom. The van der Waals surface area contributed by atoms with E-state index in [1.54, 1.807) is 11.3 Å². The molecule has 0 bridgehead atoms. The second-order valence-corrected chi connectivity index (χ2v) is 9.00. The number of carbonyl (C=O) groups is 2. The van der Waals surface area contributed by atoms with E-state index in [1.165, 1.54) is 16.7 Å². The van der Waals surface area contributed by atoms with Crippen molar-refractivity contribution in [3.05, 3.63) is 27.3 Å². The van der Waals surface area contributed by atoms with Crippen LogP contribution in [-0.4, -0.2) is 56.8 Å². The van der Waals surface area contributed by atoms with E-state index in [0.717, 1.165) is 30.7 Å². The van der Waals surface area contributed by atoms with E-state index in [9.17, 15) is 14.7 Å². The molecule has 8 heteroatoms. The number of hydrogen-bond donors (Lipinski definition) is 1. The highest BCUT2D eigenvalue weighted by Gasteiger charge is 2.33. The van der Waals surface area contributed by atoms with Gasteiger partial charge in [-0.2, -0.15) is 0 Å². The van der Waals surface area contributed by atoms with Crippen molar-refractivity contribution in [1.82, 2.24) is 9.80 Å². The number of thioether (sulfide) groups is 1. The molecule has 1 N–H and O–H groups in total. The van der Waals surface area contributed by atoms with Crippen LogP contribution >= 0.6 is 35.3 Å². The zero-order chi connectivity index (χ0) is 18.5. The van der Waals surface area contributed by atoms with Crippen LogP contribution < -0.4 is 0 Å². The average Bonchev–Trinajstić information content (AvgIpc) is 3.23. The SMILES string of the molecule is O=C1C(=Cc2cccs2)SC(=S)N1CCC(=O)N1CCCCC1CCO. The number of aliphatic hydroxyl groups excluding tert-OH is 1. The van der Waals surface area contributed by atoms with Crippen LogP contribution in [0.25, 0.3) is 6.08 Å². The van der Waals surface area contributed by atoms with Crippen molar-refractivity contribution < 1.29 is 14.7 Å². The lowest BCUT2D eigenvalue weighted by atomic mass is 9.99. The highest BCUT2D eigenvalue weighted by atomic mass is 32.2. The van der Waals surface area contributed by atoms with E-state index < -0.39 is 0 Å². The maximum absolute atomic E-state index is 12.6. The van der Waals surface area contributed by atoms with Crippen LogP contribution in [-0.2, 0) is 9.59 Å². The van der Waals surface area contributed by atoms with E-state index in [1.807, 2.05) is 28.5 Å². The number of amides is 2. The van der Waals surface area contributed by atoms with Crippen molar-refractivity contribution in [2.45, 2.75) is 38.1 Å². The molecule has 5 nitrogen and oxygen atoms in total. The molecule has 2 aliphatic rings. The van der Waals surface area contributed by atoms with Crippen molar-refractivity contribution in [2.24, 2.45) is 0 Å². The lowest BCUT2D eigenvalue weighted by Crippen LogP contribution is -2.45. The van der Waals surface area contributed by atoms with Gasteiger partial charge in [-0.05, 0) is 43.2 Å². The number of carbonyl (C=O) groups excluding carboxylic acids is 2. The third-order valence-electron chi connectivity index (χ3n) is 4.65. The second kappa shape index (κ2) is 9.12. The summed E-state index contributed by atoms with van der Waals surface area (Å²) in [6.07, 6.45) is 5.77. The first-order valence-electron chi connectivity index (χ1n) is 8.79. The van der Waals surface area contributed by atoms with Crippen LogP contribution in [0.2, 0.25) is 0 Å². The highest BCUT2D eigenvalue weighted by molar-refractivity contribution is 8.26. The third-order valence-corrected chi connectivity index (χ3v) is 6.85. The maximum atomic E-state index is 12.6. The molecule has 0 spiro atoms. The molecule has 1 unspecified atom stereocenters. The van der Waals surface area contributed by atoms with Crippen molar-refractivity contribution in [1.29, 1.82) is 0 Å². The summed E-state index contributed by atoms with van der Waals surface area (Å²) in [6, 6.07) is 4.02. The molecule has 1 aromatic rings. The lowest BCUT2D eigenvalue weighted by molar-refractivity contribution is -0.135. The summed E-state index contributed by atoms with van der Waals surface area (Å²) in [5, 5.41) is 11.2. The molecule has 0 aliphatic carbocycles. The minimum absolute atomic E-state index is 0.0411. The number of hydrogen-bond acceptors (Lipinski definition) is 6. The van der Waals surface area contributed by atoms with E-state index >= 15 is 0 Å². The molecule has 3 heterocycles. The fourth-order valence-electron chi connectivity index (χ4n) is 3.32. The first-order valence-corrected chi connectivity index (χ1v) is 10.9. The zero-order valence-electron chi connectivity index (χ0n) is 14.4. The highest BCUT2D eigenvalue weighted by Crippen LogP contribution is 2.33. The molecule has 140 valence electrons. The number of nitrogens with zero attached hydrogens (tertiary/aromatic N) is 2. The van der Waals surface area contributed by atoms with Gasteiger partial charge in [0.15, 0.2) is 0 Å². The fraction of sp³-hybridized carbons (Fsp3) is 0.500. The van der Waals surface area contributed by atoms with Crippen LogP contribution in [0, 0.1) is 0 Å². The summed E-state index contributed by atoms with van der Waals surface area (Å²) >= 11 is 8.20. The molecule has 1 aromatic heterocycles. The van der Waals surface area contributed by atoms with Gasteiger partial charge >= 0.3 is 0 Å². The third kappa shape index (κ3) is 4.54. The van der Waals surface area contributed by atoms with Gasteiger partial charge in [-0.1, -0.05) is 30.0 Å². The Bertz CT molecular complexity index is 701. The predicted octanol–water partition coefficient (Wildman–Crippen LogP) is 3.10. The van der Waals surface area contributed by atoms with Crippen molar-refractivity contribution >= 4 is 57.5 Å². The second-order valence-electron chi connectivity index (χ2n) is 6.35. The molecule has 0 saturated carbocycles. The van der Waals surface area contributed by atoms with Crippen molar-refractivity contribution in [3.8, 4) is 0 Å². The fourth-order valence-corrected chi connectivity index (χ4v) is 5.36. The molecular formula is C18H22N2O3S3. The molecule has 1 atom stereocenters. The summed E-state index contributed by atoms with van der Waals surface area (Å²) in [4.78, 5) is 30.3. The summed E-state index contributed by atoms with van der Waals surface area (Å²) in [6.45, 7) is 1.14. The molecule has 0 radical (unpaired) electrons. The normalized spacial score (nSPS) is 22.5. The van der Waals surface area contributed by atoms with Crippen LogP contribution in [0.3, 0.4) is 0 Å². The minimum atomic E-state index is -0.119. The Morgan fingerprint density at radius 1 is 1.42 bits per heavy atom.